The molecule has 1 aromatic carbocycles. The van der Waals surface area contributed by atoms with Gasteiger partial charge in [-0.15, -0.1) is 0 Å². The second kappa shape index (κ2) is 7.19. The van der Waals surface area contributed by atoms with E-state index in [0.717, 1.165) is 18.7 Å². The number of nitrogens with zero attached hydrogens (tertiary/aromatic N) is 1. The van der Waals surface area contributed by atoms with Gasteiger partial charge in [-0.1, -0.05) is 30.1 Å². The number of nitrogens with two attached hydrogens (primary N) is 1. The Bertz CT molecular complexity index is 408. The largest absolute Gasteiger partial charge is 0.329 e. The Morgan fingerprint density at radius 3 is 2.63 bits per heavy atom. The quantitative estimate of drug-likeness (QED) is 0.915. The summed E-state index contributed by atoms with van der Waals surface area (Å²) < 4.78 is 0. The molecule has 1 aliphatic rings. The van der Waals surface area contributed by atoms with E-state index in [-0.39, 0.29) is 6.04 Å². The summed E-state index contributed by atoms with van der Waals surface area (Å²) in [6.07, 6.45) is 1.20. The van der Waals surface area contributed by atoms with Crippen molar-refractivity contribution < 1.29 is 0 Å². The molecule has 2 rings (SSSR count). The molecule has 19 heavy (non-hydrogen) atoms. The second-order valence-electron chi connectivity index (χ2n) is 4.85. The molecule has 1 saturated heterocycles. The lowest BCUT2D eigenvalue weighted by Gasteiger charge is -2.37. The highest BCUT2D eigenvalue weighted by Gasteiger charge is 2.26. The Morgan fingerprint density at radius 1 is 1.37 bits per heavy atom. The van der Waals surface area contributed by atoms with E-state index in [9.17, 15) is 0 Å². The summed E-state index contributed by atoms with van der Waals surface area (Å²) >= 11 is 14.3. The zero-order chi connectivity index (χ0) is 13.8. The maximum Gasteiger partial charge on any atom is 0.0472 e. The van der Waals surface area contributed by atoms with Crippen molar-refractivity contribution in [1.29, 1.82) is 0 Å². The molecular formula is C14H20Cl2N2S. The van der Waals surface area contributed by atoms with E-state index in [1.165, 1.54) is 12.2 Å². The molecular weight excluding hydrogens is 299 g/mol. The summed E-state index contributed by atoms with van der Waals surface area (Å²) in [5, 5.41) is 2.07. The van der Waals surface area contributed by atoms with Crippen LogP contribution in [0.3, 0.4) is 0 Å². The molecule has 2 nitrogen and oxygen atoms in total. The van der Waals surface area contributed by atoms with Gasteiger partial charge in [-0.05, 0) is 30.2 Å². The van der Waals surface area contributed by atoms with E-state index >= 15 is 0 Å². The van der Waals surface area contributed by atoms with Gasteiger partial charge in [0, 0.05) is 46.7 Å². The minimum absolute atomic E-state index is 0.214. The van der Waals surface area contributed by atoms with Crippen molar-refractivity contribution in [2.75, 3.05) is 25.4 Å². The summed E-state index contributed by atoms with van der Waals surface area (Å²) in [4.78, 5) is 2.46. The van der Waals surface area contributed by atoms with Crippen LogP contribution in [0.5, 0.6) is 0 Å². The SMILES string of the molecule is CCC1CN(C(CN)c2cc(Cl)cc(Cl)c2)CCS1. The topological polar surface area (TPSA) is 29.3 Å². The molecule has 0 amide bonds. The van der Waals surface area contributed by atoms with Crippen LogP contribution in [-0.2, 0) is 0 Å². The van der Waals surface area contributed by atoms with Crippen molar-refractivity contribution >= 4 is 35.0 Å². The third-order valence-corrected chi connectivity index (χ3v) is 5.37. The molecule has 1 aliphatic heterocycles. The normalized spacial score (nSPS) is 22.4. The molecule has 0 radical (unpaired) electrons. The molecule has 1 aromatic rings. The number of rotatable bonds is 4. The molecule has 106 valence electrons. The van der Waals surface area contributed by atoms with Gasteiger partial charge in [-0.3, -0.25) is 4.90 Å². The standard InChI is InChI=1S/C14H20Cl2N2S/c1-2-13-9-18(3-4-19-13)14(8-17)10-5-11(15)7-12(16)6-10/h5-7,13-14H,2-4,8-9,17H2,1H3. The van der Waals surface area contributed by atoms with Crippen LogP contribution in [0.2, 0.25) is 10.0 Å². The van der Waals surface area contributed by atoms with Gasteiger partial charge in [0.25, 0.3) is 0 Å². The van der Waals surface area contributed by atoms with Crippen molar-refractivity contribution in [2.45, 2.75) is 24.6 Å². The summed E-state index contributed by atoms with van der Waals surface area (Å²) in [6, 6.07) is 5.94. The van der Waals surface area contributed by atoms with Crippen LogP contribution in [0.25, 0.3) is 0 Å². The first kappa shape index (κ1) is 15.5. The van der Waals surface area contributed by atoms with Gasteiger partial charge < -0.3 is 5.73 Å². The number of thioether (sulfide) groups is 1. The predicted molar refractivity (Wildman–Crippen MR) is 86.4 cm³/mol. The Morgan fingerprint density at radius 2 is 2.05 bits per heavy atom. The Balaban J connectivity index is 2.18. The van der Waals surface area contributed by atoms with Gasteiger partial charge in [0.2, 0.25) is 0 Å². The van der Waals surface area contributed by atoms with Gasteiger partial charge in [0.15, 0.2) is 0 Å². The Hall–Kier alpha value is 0.0700. The Labute approximate surface area is 129 Å². The smallest absolute Gasteiger partial charge is 0.0472 e. The fraction of sp³-hybridized carbons (Fsp3) is 0.571. The number of hydrogen-bond donors (Lipinski definition) is 1. The van der Waals surface area contributed by atoms with Gasteiger partial charge in [0.1, 0.15) is 0 Å². The lowest BCUT2D eigenvalue weighted by molar-refractivity contribution is 0.207. The molecule has 5 heteroatoms. The molecule has 1 fully saturated rings. The lowest BCUT2D eigenvalue weighted by atomic mass is 10.0. The highest BCUT2D eigenvalue weighted by Crippen LogP contribution is 2.30. The van der Waals surface area contributed by atoms with E-state index in [2.05, 4.69) is 23.6 Å². The van der Waals surface area contributed by atoms with E-state index in [0.29, 0.717) is 21.8 Å². The zero-order valence-electron chi connectivity index (χ0n) is 11.1. The summed E-state index contributed by atoms with van der Waals surface area (Å²) in [5.41, 5.74) is 7.11. The average molecular weight is 319 g/mol. The monoisotopic (exact) mass is 318 g/mol. The molecule has 1 heterocycles. The highest BCUT2D eigenvalue weighted by molar-refractivity contribution is 8.00. The van der Waals surface area contributed by atoms with Crippen molar-refractivity contribution in [1.82, 2.24) is 4.90 Å². The van der Waals surface area contributed by atoms with E-state index in [4.69, 9.17) is 28.9 Å². The third-order valence-electron chi connectivity index (χ3n) is 3.56. The molecule has 0 spiro atoms. The molecule has 0 bridgehead atoms. The van der Waals surface area contributed by atoms with Gasteiger partial charge in [-0.2, -0.15) is 11.8 Å². The van der Waals surface area contributed by atoms with Crippen LogP contribution in [0.4, 0.5) is 0 Å². The molecule has 0 aromatic heterocycles. The van der Waals surface area contributed by atoms with Crippen LogP contribution >= 0.6 is 35.0 Å². The van der Waals surface area contributed by atoms with Crippen molar-refractivity contribution in [3.05, 3.63) is 33.8 Å². The van der Waals surface area contributed by atoms with E-state index in [1.807, 2.05) is 12.1 Å². The van der Waals surface area contributed by atoms with E-state index < -0.39 is 0 Å². The average Bonchev–Trinajstić information content (AvgIpc) is 2.39. The van der Waals surface area contributed by atoms with Crippen molar-refractivity contribution in [3.8, 4) is 0 Å². The number of benzene rings is 1. The second-order valence-corrected chi connectivity index (χ2v) is 7.13. The molecule has 2 unspecified atom stereocenters. The molecule has 2 atom stereocenters. The van der Waals surface area contributed by atoms with Gasteiger partial charge >= 0.3 is 0 Å². The first-order valence-electron chi connectivity index (χ1n) is 6.65. The fourth-order valence-corrected chi connectivity index (χ4v) is 4.28. The summed E-state index contributed by atoms with van der Waals surface area (Å²) in [7, 11) is 0. The summed E-state index contributed by atoms with van der Waals surface area (Å²) in [6.45, 7) is 5.01. The maximum absolute atomic E-state index is 6.10. The molecule has 0 saturated carbocycles. The van der Waals surface area contributed by atoms with Crippen LogP contribution in [0.1, 0.15) is 24.9 Å². The Kier molecular flexibility index (Phi) is 5.85. The minimum Gasteiger partial charge on any atom is -0.329 e. The van der Waals surface area contributed by atoms with Gasteiger partial charge in [0.05, 0.1) is 0 Å². The fourth-order valence-electron chi connectivity index (χ4n) is 2.54. The third kappa shape index (κ3) is 4.02. The maximum atomic E-state index is 6.10. The predicted octanol–water partition coefficient (Wildman–Crippen LogP) is 3.82. The summed E-state index contributed by atoms with van der Waals surface area (Å²) in [5.74, 6) is 1.17. The first-order chi connectivity index (χ1) is 9.13. The number of halogens is 2. The van der Waals surface area contributed by atoms with Crippen LogP contribution in [-0.4, -0.2) is 35.5 Å². The van der Waals surface area contributed by atoms with Crippen LogP contribution in [0.15, 0.2) is 18.2 Å². The zero-order valence-corrected chi connectivity index (χ0v) is 13.4. The van der Waals surface area contributed by atoms with Crippen molar-refractivity contribution in [2.24, 2.45) is 5.73 Å². The number of hydrogen-bond acceptors (Lipinski definition) is 3. The van der Waals surface area contributed by atoms with E-state index in [1.54, 1.807) is 6.07 Å². The van der Waals surface area contributed by atoms with Crippen LogP contribution < -0.4 is 5.73 Å². The van der Waals surface area contributed by atoms with Crippen LogP contribution in [0, 0.1) is 0 Å². The lowest BCUT2D eigenvalue weighted by Crippen LogP contribution is -2.42. The highest BCUT2D eigenvalue weighted by atomic mass is 35.5. The molecule has 0 aliphatic carbocycles. The first-order valence-corrected chi connectivity index (χ1v) is 8.46. The minimum atomic E-state index is 0.214. The molecule has 2 N–H and O–H groups in total. The van der Waals surface area contributed by atoms with Gasteiger partial charge in [-0.25, -0.2) is 0 Å². The van der Waals surface area contributed by atoms with Crippen molar-refractivity contribution in [3.63, 3.8) is 0 Å².